The van der Waals surface area contributed by atoms with Crippen LogP contribution in [0.2, 0.25) is 10.0 Å². The summed E-state index contributed by atoms with van der Waals surface area (Å²) < 4.78 is 42.3. The molecule has 8 nitrogen and oxygen atoms in total. The van der Waals surface area contributed by atoms with E-state index in [1.165, 1.54) is 36.7 Å². The van der Waals surface area contributed by atoms with Gasteiger partial charge in [0.1, 0.15) is 12.6 Å². The van der Waals surface area contributed by atoms with Crippen LogP contribution in [-0.2, 0) is 20.7 Å². The number of halogens is 4. The second-order valence-electron chi connectivity index (χ2n) is 9.34. The van der Waals surface area contributed by atoms with E-state index in [0.29, 0.717) is 29.3 Å². The van der Waals surface area contributed by atoms with Crippen LogP contribution >= 0.6 is 23.2 Å². The van der Waals surface area contributed by atoms with Crippen LogP contribution in [0.1, 0.15) is 40.4 Å². The van der Waals surface area contributed by atoms with Gasteiger partial charge in [-0.25, -0.2) is 0 Å². The molecule has 0 saturated heterocycles. The first-order valence-electron chi connectivity index (χ1n) is 12.4. The molecule has 12 heteroatoms. The topological polar surface area (TPSA) is 95.0 Å². The fourth-order valence-electron chi connectivity index (χ4n) is 4.30. The van der Waals surface area contributed by atoms with Crippen LogP contribution in [0.5, 0.6) is 11.5 Å². The van der Waals surface area contributed by atoms with Gasteiger partial charge in [-0.15, -0.1) is 0 Å². The van der Waals surface area contributed by atoms with Crippen molar-refractivity contribution in [2.24, 2.45) is 5.92 Å². The number of ether oxygens (including phenoxy) is 3. The third-order valence-electron chi connectivity index (χ3n) is 6.51. The molecule has 1 aliphatic heterocycles. The van der Waals surface area contributed by atoms with Crippen LogP contribution in [0.15, 0.2) is 54.9 Å². The van der Waals surface area contributed by atoms with Gasteiger partial charge in [0.05, 0.1) is 27.9 Å². The molecular weight excluding hydrogens is 569 g/mol. The van der Waals surface area contributed by atoms with Crippen molar-refractivity contribution in [3.63, 3.8) is 0 Å². The summed E-state index contributed by atoms with van der Waals surface area (Å²) in [6, 6.07) is 10.6. The molecule has 0 bridgehead atoms. The first-order chi connectivity index (χ1) is 19.2. The van der Waals surface area contributed by atoms with Crippen molar-refractivity contribution in [3.05, 3.63) is 81.6 Å². The summed E-state index contributed by atoms with van der Waals surface area (Å²) in [5, 5.41) is 0.455. The number of carbonyl (C=O) groups is 3. The Morgan fingerprint density at radius 2 is 1.77 bits per heavy atom. The molecule has 2 aromatic carbocycles. The molecule has 0 radical (unpaired) electrons. The maximum absolute atomic E-state index is 13.2. The molecule has 1 atom stereocenters. The third kappa shape index (κ3) is 6.18. The van der Waals surface area contributed by atoms with Crippen molar-refractivity contribution >= 4 is 46.5 Å². The zero-order chi connectivity index (χ0) is 28.4. The predicted molar refractivity (Wildman–Crippen MR) is 141 cm³/mol. The van der Waals surface area contributed by atoms with E-state index >= 15 is 0 Å². The lowest BCUT2D eigenvalue weighted by Gasteiger charge is -2.23. The highest BCUT2D eigenvalue weighted by Gasteiger charge is 2.37. The van der Waals surface area contributed by atoms with Crippen LogP contribution in [0.3, 0.4) is 0 Å². The number of alkyl halides is 2. The van der Waals surface area contributed by atoms with Crippen LogP contribution in [0, 0.1) is 5.92 Å². The Labute approximate surface area is 237 Å². The fourth-order valence-corrected chi connectivity index (χ4v) is 4.82. The first-order valence-corrected chi connectivity index (χ1v) is 13.1. The SMILES string of the molecule is O=C(CN1C(=O)C(=O)c2ccccc21)O[C@@H](Cc1c(Cl)cncc1Cl)c1ccc(OC(F)F)c(OCC2CC2)c1. The summed E-state index contributed by atoms with van der Waals surface area (Å²) >= 11 is 12.7. The molecule has 2 aliphatic rings. The maximum Gasteiger partial charge on any atom is 0.387 e. The molecular formula is C28H22Cl2F2N2O6. The Kier molecular flexibility index (Phi) is 8.18. The Morgan fingerprint density at radius 3 is 2.48 bits per heavy atom. The number of Topliss-reactive ketones (excluding diaryl/α,β-unsaturated/α-hetero) is 1. The number of esters is 1. The van der Waals surface area contributed by atoms with Gasteiger partial charge < -0.3 is 14.2 Å². The zero-order valence-corrected chi connectivity index (χ0v) is 22.3. The second-order valence-corrected chi connectivity index (χ2v) is 10.2. The standard InChI is InChI=1S/C28H22Cl2F2N2O6/c29-19-11-33-12-20(30)18(19)10-23(16-7-8-22(40-28(31)32)24(9-16)38-14-15-5-6-15)39-25(35)13-34-21-4-2-1-3-17(21)26(36)27(34)37/h1-4,7-9,11-12,15,23,28H,5-6,10,13-14H2/t23-/m0/s1. The first kappa shape index (κ1) is 27.8. The van der Waals surface area contributed by atoms with Gasteiger partial charge >= 0.3 is 12.6 Å². The van der Waals surface area contributed by atoms with Gasteiger partial charge in [-0.1, -0.05) is 41.4 Å². The molecule has 0 N–H and O–H groups in total. The van der Waals surface area contributed by atoms with Crippen molar-refractivity contribution in [2.75, 3.05) is 18.1 Å². The van der Waals surface area contributed by atoms with Crippen LogP contribution in [-0.4, -0.2) is 42.4 Å². The van der Waals surface area contributed by atoms with Crippen molar-refractivity contribution < 1.29 is 37.4 Å². The number of carbonyl (C=O) groups excluding carboxylic acids is 3. The van der Waals surface area contributed by atoms with Crippen molar-refractivity contribution in [1.82, 2.24) is 4.98 Å². The summed E-state index contributed by atoms with van der Waals surface area (Å²) in [4.78, 5) is 43.1. The van der Waals surface area contributed by atoms with Gasteiger partial charge in [-0.05, 0) is 54.2 Å². The molecule has 5 rings (SSSR count). The highest BCUT2D eigenvalue weighted by molar-refractivity contribution is 6.52. The predicted octanol–water partition coefficient (Wildman–Crippen LogP) is 5.84. The Bertz CT molecular complexity index is 1450. The monoisotopic (exact) mass is 590 g/mol. The lowest BCUT2D eigenvalue weighted by Crippen LogP contribution is -2.36. The van der Waals surface area contributed by atoms with Crippen LogP contribution in [0.25, 0.3) is 0 Å². The van der Waals surface area contributed by atoms with Crippen LogP contribution < -0.4 is 14.4 Å². The Hall–Kier alpha value is -3.76. The lowest BCUT2D eigenvalue weighted by atomic mass is 10.0. The maximum atomic E-state index is 13.2. The number of nitrogens with zero attached hydrogens (tertiary/aromatic N) is 2. The molecule has 1 fully saturated rings. The van der Waals surface area contributed by atoms with Gasteiger partial charge in [0.15, 0.2) is 11.5 Å². The molecule has 40 heavy (non-hydrogen) atoms. The van der Waals surface area contributed by atoms with Gasteiger partial charge in [0, 0.05) is 18.8 Å². The van der Waals surface area contributed by atoms with Crippen molar-refractivity contribution in [2.45, 2.75) is 32.0 Å². The van der Waals surface area contributed by atoms with Crippen molar-refractivity contribution in [1.29, 1.82) is 0 Å². The smallest absolute Gasteiger partial charge is 0.387 e. The van der Waals surface area contributed by atoms with E-state index in [4.69, 9.17) is 32.7 Å². The van der Waals surface area contributed by atoms with E-state index in [1.54, 1.807) is 18.2 Å². The largest absolute Gasteiger partial charge is 0.489 e. The minimum atomic E-state index is -3.07. The van der Waals surface area contributed by atoms with Crippen LogP contribution in [0.4, 0.5) is 14.5 Å². The number of para-hydroxylation sites is 1. The fraction of sp³-hybridized carbons (Fsp3) is 0.286. The normalized spacial score (nSPS) is 15.3. The Morgan fingerprint density at radius 1 is 1.05 bits per heavy atom. The summed E-state index contributed by atoms with van der Waals surface area (Å²) in [5.74, 6) is -2.16. The number of benzene rings is 2. The molecule has 1 amide bonds. The summed E-state index contributed by atoms with van der Waals surface area (Å²) in [7, 11) is 0. The van der Waals surface area contributed by atoms with Crippen molar-refractivity contribution in [3.8, 4) is 11.5 Å². The molecule has 3 aromatic rings. The molecule has 1 aliphatic carbocycles. The molecule has 1 saturated carbocycles. The molecule has 1 aromatic heterocycles. The highest BCUT2D eigenvalue weighted by atomic mass is 35.5. The third-order valence-corrected chi connectivity index (χ3v) is 7.16. The van der Waals surface area contributed by atoms with E-state index in [2.05, 4.69) is 9.72 Å². The Balaban J connectivity index is 1.44. The summed E-state index contributed by atoms with van der Waals surface area (Å²) in [5.41, 5.74) is 1.31. The number of ketones is 1. The lowest BCUT2D eigenvalue weighted by molar-refractivity contribution is -0.148. The molecule has 2 heterocycles. The number of amides is 1. The van der Waals surface area contributed by atoms with E-state index in [9.17, 15) is 23.2 Å². The number of rotatable bonds is 11. The summed E-state index contributed by atoms with van der Waals surface area (Å²) in [6.45, 7) is -3.28. The zero-order valence-electron chi connectivity index (χ0n) is 20.8. The number of hydrogen-bond acceptors (Lipinski definition) is 7. The van der Waals surface area contributed by atoms with Gasteiger partial charge in [0.2, 0.25) is 0 Å². The average Bonchev–Trinajstić information content (AvgIpc) is 3.73. The molecule has 0 unspecified atom stereocenters. The van der Waals surface area contributed by atoms with Gasteiger partial charge in [-0.3, -0.25) is 24.3 Å². The number of pyridine rings is 1. The van der Waals surface area contributed by atoms with E-state index < -0.39 is 36.9 Å². The number of anilines is 1. The number of hydrogen-bond donors (Lipinski definition) is 0. The van der Waals surface area contributed by atoms with E-state index in [-0.39, 0.29) is 33.5 Å². The quantitative estimate of drug-likeness (QED) is 0.205. The second kappa shape index (κ2) is 11.8. The summed E-state index contributed by atoms with van der Waals surface area (Å²) in [6.07, 6.45) is 3.69. The van der Waals surface area contributed by atoms with Gasteiger partial charge in [-0.2, -0.15) is 8.78 Å². The van der Waals surface area contributed by atoms with Gasteiger partial charge in [0.25, 0.3) is 11.7 Å². The average molecular weight is 591 g/mol. The number of fused-ring (bicyclic) bond motifs is 1. The highest BCUT2D eigenvalue weighted by Crippen LogP contribution is 2.38. The molecule has 208 valence electrons. The van der Waals surface area contributed by atoms with E-state index in [1.807, 2.05) is 0 Å². The van der Waals surface area contributed by atoms with E-state index in [0.717, 1.165) is 17.7 Å². The minimum Gasteiger partial charge on any atom is -0.489 e. The molecule has 0 spiro atoms. The minimum absolute atomic E-state index is 0.00743. The number of aromatic nitrogens is 1.